The van der Waals surface area contributed by atoms with Gasteiger partial charge in [0, 0.05) is 29.3 Å². The van der Waals surface area contributed by atoms with Crippen LogP contribution >= 0.6 is 0 Å². The number of H-pyrrole nitrogens is 3. The molecule has 116 heavy (non-hydrogen) atoms. The van der Waals surface area contributed by atoms with Gasteiger partial charge in [-0.3, -0.25) is 58.3 Å². The molecule has 0 radical (unpaired) electrons. The van der Waals surface area contributed by atoms with Crippen molar-refractivity contribution >= 4 is 151 Å². The maximum absolute atomic E-state index is 12.7. The third-order valence-corrected chi connectivity index (χ3v) is 18.0. The van der Waals surface area contributed by atoms with Gasteiger partial charge in [-0.25, -0.2) is 9.59 Å². The standard InChI is InChI=1S/C22H22N4O5.C22H22N4O4.C22H22N2O4.C21H20N2O4/c1-12(28)14-5-3-4-13(10-14)6-8-16-19-17(26-25-16)9-7-15(20(19)31-2)22(30)24-18(11-27)21(23)29;1-12(21(23)28)24-22(29)16-8-10-18-19(20(16)30-3)17(25-26-18)9-7-14-5-4-6-15(11-14)13(2)27;1-5-28-22(26)17-11-13-19-20(21(17)27-4)18(23-24(19)3)12-8-15-6-9-16(10-7-15)14(2)25;1-4-27-21(25)16-10-12-18-19(20(16)26-3)17(22-23-18)11-7-14-5-8-15(9-6-14)13(2)24/h3-10,18,27H,11H2,1-2H3,(H2,23,29)(H,24,30)(H,25,26);4-12H,1-3H3,(H2,23,28)(H,24,29)(H,25,26);6-13H,5H2,1-4H3;5-12H,4H2,1-3H3,(H,22,23)/b8-6+;9-7+;12-8+;11-7+. The van der Waals surface area contributed by atoms with Gasteiger partial charge in [0.15, 0.2) is 23.1 Å². The summed E-state index contributed by atoms with van der Waals surface area (Å²) in [6.45, 7) is 11.1. The number of methoxy groups -OCH3 is 4. The van der Waals surface area contributed by atoms with Gasteiger partial charge < -0.3 is 55.6 Å². The number of aryl methyl sites for hydroxylation is 1. The Kier molecular flexibility index (Phi) is 29.0. The number of hydrogen-bond donors (Lipinski definition) is 8. The quantitative estimate of drug-likeness (QED) is 0.0175. The Bertz CT molecular complexity index is 5840. The minimum absolute atomic E-state index is 0.0141. The predicted molar refractivity (Wildman–Crippen MR) is 442 cm³/mol. The molecule has 2 atom stereocenters. The second-order valence-corrected chi connectivity index (χ2v) is 25.8. The molecular weight excluding hydrogens is 1490 g/mol. The van der Waals surface area contributed by atoms with Crippen molar-refractivity contribution in [2.75, 3.05) is 48.3 Å². The summed E-state index contributed by atoms with van der Waals surface area (Å²) in [7, 11) is 7.75. The van der Waals surface area contributed by atoms with E-state index in [1.807, 2.05) is 86.0 Å². The minimum atomic E-state index is -1.22. The number of hydrogen-bond acceptors (Lipinski definition) is 21. The third kappa shape index (κ3) is 20.5. The zero-order valence-electron chi connectivity index (χ0n) is 65.6. The minimum Gasteiger partial charge on any atom is -0.495 e. The number of aliphatic hydroxyl groups is 1. The van der Waals surface area contributed by atoms with Crippen LogP contribution in [0.1, 0.15) is 176 Å². The van der Waals surface area contributed by atoms with Crippen molar-refractivity contribution in [2.45, 2.75) is 60.5 Å². The lowest BCUT2D eigenvalue weighted by Crippen LogP contribution is -2.46. The lowest BCUT2D eigenvalue weighted by molar-refractivity contribution is -0.121. The average molecular weight is 1570 g/mol. The van der Waals surface area contributed by atoms with Crippen LogP contribution in [-0.4, -0.2) is 165 Å². The van der Waals surface area contributed by atoms with Gasteiger partial charge in [0.1, 0.15) is 46.2 Å². The molecule has 12 rings (SSSR count). The average Bonchev–Trinajstić information content (AvgIpc) is 1.60. The number of nitrogens with one attached hydrogen (secondary N) is 5. The second-order valence-electron chi connectivity index (χ2n) is 25.8. The zero-order chi connectivity index (χ0) is 84.0. The highest BCUT2D eigenvalue weighted by Crippen LogP contribution is 2.37. The number of nitrogens with two attached hydrogens (primary N) is 2. The largest absolute Gasteiger partial charge is 0.495 e. The number of ketones is 4. The van der Waals surface area contributed by atoms with Gasteiger partial charge in [0.2, 0.25) is 11.8 Å². The normalized spacial score (nSPS) is 11.6. The van der Waals surface area contributed by atoms with Crippen LogP contribution in [0, 0.1) is 0 Å². The lowest BCUT2D eigenvalue weighted by atomic mass is 10.1. The molecule has 29 heteroatoms. The Morgan fingerprint density at radius 3 is 1.17 bits per heavy atom. The topological polar surface area (TPSA) is 426 Å². The van der Waals surface area contributed by atoms with Crippen LogP contribution < -0.4 is 41.0 Å². The maximum atomic E-state index is 12.7. The van der Waals surface area contributed by atoms with Crippen molar-refractivity contribution < 1.29 is 81.5 Å². The molecule has 2 unspecified atom stereocenters. The Labute approximate surface area is 665 Å². The number of aromatic nitrogens is 8. The molecule has 0 aliphatic rings. The molecule has 0 aliphatic heterocycles. The first-order valence-electron chi connectivity index (χ1n) is 36.2. The molecule has 4 heterocycles. The molecule has 4 amide bonds. The highest BCUT2D eigenvalue weighted by atomic mass is 16.5. The zero-order valence-corrected chi connectivity index (χ0v) is 65.6. The van der Waals surface area contributed by atoms with Crippen LogP contribution in [-0.2, 0) is 26.1 Å². The monoisotopic (exact) mass is 1570 g/mol. The summed E-state index contributed by atoms with van der Waals surface area (Å²) in [5, 5.41) is 42.9. The van der Waals surface area contributed by atoms with E-state index in [2.05, 4.69) is 46.3 Å². The summed E-state index contributed by atoms with van der Waals surface area (Å²) < 4.78 is 34.0. The number of amides is 4. The molecule has 0 bridgehead atoms. The van der Waals surface area contributed by atoms with Crippen LogP contribution in [0.4, 0.5) is 0 Å². The highest BCUT2D eigenvalue weighted by Gasteiger charge is 2.27. The number of carbonyl (C=O) groups is 10. The van der Waals surface area contributed by atoms with Gasteiger partial charge >= 0.3 is 11.9 Å². The van der Waals surface area contributed by atoms with Crippen molar-refractivity contribution in [2.24, 2.45) is 18.5 Å². The van der Waals surface area contributed by atoms with Crippen LogP contribution in [0.15, 0.2) is 146 Å². The molecule has 0 saturated carbocycles. The van der Waals surface area contributed by atoms with Gasteiger partial charge in [-0.1, -0.05) is 109 Å². The van der Waals surface area contributed by atoms with Gasteiger partial charge in [-0.05, 0) is 156 Å². The van der Waals surface area contributed by atoms with E-state index in [-0.39, 0.29) is 53.2 Å². The fraction of sp³-hybridized carbons (Fsp3) is 0.195. The van der Waals surface area contributed by atoms with Crippen LogP contribution in [0.3, 0.4) is 0 Å². The van der Waals surface area contributed by atoms with E-state index >= 15 is 0 Å². The van der Waals surface area contributed by atoms with Crippen molar-refractivity contribution in [1.82, 2.24) is 51.0 Å². The molecule has 12 aromatic rings. The first kappa shape index (κ1) is 85.3. The molecule has 10 N–H and O–H groups in total. The highest BCUT2D eigenvalue weighted by molar-refractivity contribution is 6.10. The SMILES string of the molecule is CCOC(=O)c1ccc2c(c(/C=C/c3ccc(C(C)=O)cc3)nn2C)c1OC.CCOC(=O)c1ccc2n[nH]c(/C=C/c3ccc(C(C)=O)cc3)c2c1OC.COc1c(C(=O)NC(C)C(N)=O)ccc2n[nH]c(/C=C/c3cccc(C(C)=O)c3)c12.COc1c(C(=O)NC(CO)C(N)=O)ccc2n[nH]c(/C=C/c3cccc(C(C)=O)c3)c12. The first-order valence-corrected chi connectivity index (χ1v) is 36.2. The Morgan fingerprint density at radius 2 is 0.802 bits per heavy atom. The molecule has 0 saturated heterocycles. The third-order valence-electron chi connectivity index (χ3n) is 18.0. The molecule has 0 spiro atoms. The van der Waals surface area contributed by atoms with E-state index in [1.54, 1.807) is 128 Å². The van der Waals surface area contributed by atoms with E-state index < -0.39 is 54.3 Å². The van der Waals surface area contributed by atoms with Crippen molar-refractivity contribution in [1.29, 1.82) is 0 Å². The number of aliphatic hydroxyl groups excluding tert-OH is 1. The van der Waals surface area contributed by atoms with Crippen LogP contribution in [0.2, 0.25) is 0 Å². The van der Waals surface area contributed by atoms with Gasteiger partial charge in [0.25, 0.3) is 11.8 Å². The molecule has 8 aromatic carbocycles. The van der Waals surface area contributed by atoms with Gasteiger partial charge in [-0.2, -0.15) is 20.4 Å². The predicted octanol–water partition coefficient (Wildman–Crippen LogP) is 12.3. The number of fused-ring (bicyclic) bond motifs is 4. The number of nitrogens with zero attached hydrogens (tertiary/aromatic N) is 5. The summed E-state index contributed by atoms with van der Waals surface area (Å²) >= 11 is 0. The summed E-state index contributed by atoms with van der Waals surface area (Å²) in [5.41, 5.74) is 22.9. The van der Waals surface area contributed by atoms with Crippen molar-refractivity contribution in [3.05, 3.63) is 235 Å². The Morgan fingerprint density at radius 1 is 0.440 bits per heavy atom. The van der Waals surface area contributed by atoms with Gasteiger partial charge in [0.05, 0.1) is 126 Å². The number of esters is 2. The number of primary amides is 2. The summed E-state index contributed by atoms with van der Waals surface area (Å²) in [5.74, 6) is -2.00. The number of benzene rings is 8. The van der Waals surface area contributed by atoms with Crippen LogP contribution in [0.5, 0.6) is 23.0 Å². The number of carbonyl (C=O) groups excluding carboxylic acids is 10. The molecule has 4 aromatic heterocycles. The van der Waals surface area contributed by atoms with Crippen LogP contribution in [0.25, 0.3) is 92.2 Å². The summed E-state index contributed by atoms with van der Waals surface area (Å²) in [4.78, 5) is 118. The second kappa shape index (κ2) is 39.4. The number of rotatable bonds is 27. The fourth-order valence-electron chi connectivity index (χ4n) is 12.0. The van der Waals surface area contributed by atoms with E-state index in [0.717, 1.165) is 33.2 Å². The van der Waals surface area contributed by atoms with E-state index in [9.17, 15) is 53.1 Å². The lowest BCUT2D eigenvalue weighted by Gasteiger charge is -2.15. The maximum Gasteiger partial charge on any atom is 0.341 e. The number of ether oxygens (including phenoxy) is 6. The first-order chi connectivity index (χ1) is 55.7. The van der Waals surface area contributed by atoms with Crippen molar-refractivity contribution in [3.8, 4) is 23.0 Å². The number of aromatic amines is 3. The Hall–Kier alpha value is -14.7. The van der Waals surface area contributed by atoms with Gasteiger partial charge in [-0.15, -0.1) is 0 Å². The van der Waals surface area contributed by atoms with Crippen molar-refractivity contribution in [3.63, 3.8) is 0 Å². The molecule has 0 fully saturated rings. The summed E-state index contributed by atoms with van der Waals surface area (Å²) in [6.07, 6.45) is 14.7. The molecule has 0 aliphatic carbocycles. The Balaban J connectivity index is 0.000000177. The molecule has 596 valence electrons. The smallest absolute Gasteiger partial charge is 0.341 e. The molecule has 29 nitrogen and oxygen atoms in total. The van der Waals surface area contributed by atoms with E-state index in [4.69, 9.17) is 39.9 Å². The fourth-order valence-corrected chi connectivity index (χ4v) is 12.0. The molecular formula is C87H86N12O17. The van der Waals surface area contributed by atoms with E-state index in [0.29, 0.717) is 106 Å². The summed E-state index contributed by atoms with van der Waals surface area (Å²) in [6, 6.07) is 40.3. The number of Topliss-reactive ketones (excluding diaryl/α,β-unsaturated/α-hetero) is 4. The van der Waals surface area contributed by atoms with E-state index in [1.165, 1.54) is 69.1 Å².